The number of primary amides is 1. The van der Waals surface area contributed by atoms with Gasteiger partial charge >= 0.3 is 0 Å². The summed E-state index contributed by atoms with van der Waals surface area (Å²) < 4.78 is 4.83. The van der Waals surface area contributed by atoms with Crippen LogP contribution in [0.15, 0.2) is 34.9 Å². The van der Waals surface area contributed by atoms with Crippen LogP contribution in [0.1, 0.15) is 16.1 Å². The Morgan fingerprint density at radius 3 is 2.67 bits per heavy atom. The Morgan fingerprint density at radius 1 is 1.48 bits per heavy atom. The number of aromatic nitrogens is 1. The van der Waals surface area contributed by atoms with Crippen LogP contribution in [0.3, 0.4) is 0 Å². The minimum Gasteiger partial charge on any atom is -0.363 e. The van der Waals surface area contributed by atoms with Gasteiger partial charge < -0.3 is 15.2 Å². The second-order valence-electron chi connectivity index (χ2n) is 4.43. The molecule has 1 amide bonds. The SMILES string of the molecule is C#CCN(C)C(=N)c1ccc(-c2cc(C(N)=O)on2)cc1. The van der Waals surface area contributed by atoms with Crippen LogP contribution in [0.5, 0.6) is 0 Å². The third-order valence-electron chi connectivity index (χ3n) is 2.92. The number of nitrogens with one attached hydrogen (secondary N) is 1. The van der Waals surface area contributed by atoms with Gasteiger partial charge in [-0.25, -0.2) is 0 Å². The highest BCUT2D eigenvalue weighted by Gasteiger charge is 2.11. The zero-order valence-electron chi connectivity index (χ0n) is 11.5. The van der Waals surface area contributed by atoms with E-state index in [-0.39, 0.29) is 5.76 Å². The van der Waals surface area contributed by atoms with Gasteiger partial charge in [-0.05, 0) is 0 Å². The van der Waals surface area contributed by atoms with Crippen molar-refractivity contribution >= 4 is 11.7 Å². The van der Waals surface area contributed by atoms with Crippen LogP contribution >= 0.6 is 0 Å². The zero-order chi connectivity index (χ0) is 15.4. The van der Waals surface area contributed by atoms with E-state index in [1.807, 2.05) is 0 Å². The van der Waals surface area contributed by atoms with Gasteiger partial charge in [0, 0.05) is 24.2 Å². The third kappa shape index (κ3) is 3.09. The molecule has 21 heavy (non-hydrogen) atoms. The molecule has 6 heteroatoms. The van der Waals surface area contributed by atoms with E-state index in [4.69, 9.17) is 22.1 Å². The number of amidine groups is 1. The van der Waals surface area contributed by atoms with E-state index in [9.17, 15) is 4.79 Å². The topological polar surface area (TPSA) is 96.2 Å². The fourth-order valence-corrected chi connectivity index (χ4v) is 1.76. The van der Waals surface area contributed by atoms with Crippen LogP contribution in [0.4, 0.5) is 0 Å². The molecule has 0 radical (unpaired) electrons. The smallest absolute Gasteiger partial charge is 0.287 e. The van der Waals surface area contributed by atoms with Gasteiger partial charge in [-0.3, -0.25) is 10.2 Å². The molecule has 0 saturated carbocycles. The van der Waals surface area contributed by atoms with Crippen LogP contribution in [-0.4, -0.2) is 35.4 Å². The molecule has 2 aromatic rings. The summed E-state index contributed by atoms with van der Waals surface area (Å²) in [6, 6.07) is 8.62. The molecule has 0 aliphatic carbocycles. The van der Waals surface area contributed by atoms with Crippen molar-refractivity contribution in [3.8, 4) is 23.6 Å². The van der Waals surface area contributed by atoms with Gasteiger partial charge in [-0.15, -0.1) is 6.42 Å². The lowest BCUT2D eigenvalue weighted by Gasteiger charge is -2.17. The second-order valence-corrected chi connectivity index (χ2v) is 4.43. The number of carbonyl (C=O) groups excluding carboxylic acids is 1. The van der Waals surface area contributed by atoms with Crippen LogP contribution in [0.2, 0.25) is 0 Å². The van der Waals surface area contributed by atoms with E-state index in [0.717, 1.165) is 11.1 Å². The van der Waals surface area contributed by atoms with Crippen molar-refractivity contribution in [3.05, 3.63) is 41.7 Å². The molecule has 0 atom stereocenters. The van der Waals surface area contributed by atoms with Gasteiger partial charge in [0.25, 0.3) is 5.91 Å². The van der Waals surface area contributed by atoms with E-state index in [1.54, 1.807) is 36.2 Å². The van der Waals surface area contributed by atoms with Gasteiger partial charge in [0.2, 0.25) is 5.76 Å². The molecule has 0 fully saturated rings. The zero-order valence-corrected chi connectivity index (χ0v) is 11.5. The van der Waals surface area contributed by atoms with Gasteiger partial charge in [0.15, 0.2) is 0 Å². The van der Waals surface area contributed by atoms with E-state index in [2.05, 4.69) is 11.1 Å². The van der Waals surface area contributed by atoms with Crippen LogP contribution in [0.25, 0.3) is 11.3 Å². The summed E-state index contributed by atoms with van der Waals surface area (Å²) in [7, 11) is 1.76. The quantitative estimate of drug-likeness (QED) is 0.502. The molecule has 1 aromatic heterocycles. The van der Waals surface area contributed by atoms with Crippen LogP contribution < -0.4 is 5.73 Å². The van der Waals surface area contributed by atoms with Crippen molar-refractivity contribution in [2.24, 2.45) is 5.73 Å². The molecular weight excluding hydrogens is 268 g/mol. The number of amides is 1. The summed E-state index contributed by atoms with van der Waals surface area (Å²) in [5.74, 6) is 2.16. The Bertz CT molecular complexity index is 710. The number of nitrogens with two attached hydrogens (primary N) is 1. The van der Waals surface area contributed by atoms with Crippen molar-refractivity contribution in [2.45, 2.75) is 0 Å². The fourth-order valence-electron chi connectivity index (χ4n) is 1.76. The minimum atomic E-state index is -0.664. The second kappa shape index (κ2) is 5.92. The highest BCUT2D eigenvalue weighted by molar-refractivity contribution is 5.96. The van der Waals surface area contributed by atoms with Gasteiger partial charge in [0.1, 0.15) is 11.5 Å². The van der Waals surface area contributed by atoms with E-state index >= 15 is 0 Å². The average Bonchev–Trinajstić information content (AvgIpc) is 2.97. The van der Waals surface area contributed by atoms with Crippen molar-refractivity contribution in [2.75, 3.05) is 13.6 Å². The largest absolute Gasteiger partial charge is 0.363 e. The Morgan fingerprint density at radius 2 is 2.14 bits per heavy atom. The van der Waals surface area contributed by atoms with Crippen molar-refractivity contribution in [1.82, 2.24) is 10.1 Å². The molecule has 0 aliphatic rings. The number of terminal acetylenes is 1. The molecule has 1 heterocycles. The first-order valence-corrected chi connectivity index (χ1v) is 6.13. The summed E-state index contributed by atoms with van der Waals surface area (Å²) in [5.41, 5.74) is 7.12. The van der Waals surface area contributed by atoms with Crippen LogP contribution in [0, 0.1) is 17.8 Å². The highest BCUT2D eigenvalue weighted by atomic mass is 16.5. The number of carbonyl (C=O) groups is 1. The maximum Gasteiger partial charge on any atom is 0.287 e. The lowest BCUT2D eigenvalue weighted by atomic mass is 10.1. The fraction of sp³-hybridized carbons (Fsp3) is 0.133. The van der Waals surface area contributed by atoms with E-state index < -0.39 is 5.91 Å². The Balaban J connectivity index is 2.20. The maximum absolute atomic E-state index is 11.0. The number of hydrogen-bond acceptors (Lipinski definition) is 4. The number of benzene rings is 1. The van der Waals surface area contributed by atoms with Crippen molar-refractivity contribution in [3.63, 3.8) is 0 Å². The lowest BCUT2D eigenvalue weighted by Crippen LogP contribution is -2.26. The first-order chi connectivity index (χ1) is 10.0. The molecule has 3 N–H and O–H groups in total. The summed E-state index contributed by atoms with van der Waals surface area (Å²) in [4.78, 5) is 12.6. The number of nitrogens with zero attached hydrogens (tertiary/aromatic N) is 2. The molecule has 0 unspecified atom stereocenters. The summed E-state index contributed by atoms with van der Waals surface area (Å²) in [6.45, 7) is 0.367. The Labute approximate surface area is 122 Å². The molecule has 2 rings (SSSR count). The predicted octanol–water partition coefficient (Wildman–Crippen LogP) is 1.33. The van der Waals surface area contributed by atoms with Crippen LogP contribution in [-0.2, 0) is 0 Å². The maximum atomic E-state index is 11.0. The molecule has 0 bridgehead atoms. The Kier molecular flexibility index (Phi) is 4.05. The number of rotatable bonds is 4. The summed E-state index contributed by atoms with van der Waals surface area (Å²) in [5, 5.41) is 11.8. The normalized spacial score (nSPS) is 9.90. The van der Waals surface area contributed by atoms with E-state index in [1.165, 1.54) is 6.07 Å². The monoisotopic (exact) mass is 282 g/mol. The standard InChI is InChI=1S/C15H14N4O2/c1-3-8-19(2)14(16)11-6-4-10(5-7-11)12-9-13(15(17)20)21-18-12/h1,4-7,9,16H,8H2,2H3,(H2,17,20). The molecule has 6 nitrogen and oxygen atoms in total. The molecule has 0 spiro atoms. The highest BCUT2D eigenvalue weighted by Crippen LogP contribution is 2.20. The first kappa shape index (κ1) is 14.3. The van der Waals surface area contributed by atoms with Gasteiger partial charge in [-0.1, -0.05) is 35.3 Å². The van der Waals surface area contributed by atoms with Crippen molar-refractivity contribution < 1.29 is 9.32 Å². The van der Waals surface area contributed by atoms with Crippen molar-refractivity contribution in [1.29, 1.82) is 5.41 Å². The van der Waals surface area contributed by atoms with Gasteiger partial charge in [0.05, 0.1) is 6.54 Å². The van der Waals surface area contributed by atoms with E-state index in [0.29, 0.717) is 18.1 Å². The average molecular weight is 282 g/mol. The molecule has 0 saturated heterocycles. The first-order valence-electron chi connectivity index (χ1n) is 6.13. The summed E-state index contributed by atoms with van der Waals surface area (Å²) in [6.07, 6.45) is 5.23. The molecule has 0 aliphatic heterocycles. The number of hydrogen-bond donors (Lipinski definition) is 2. The molecule has 1 aromatic carbocycles. The van der Waals surface area contributed by atoms with Gasteiger partial charge in [-0.2, -0.15) is 0 Å². The third-order valence-corrected chi connectivity index (χ3v) is 2.92. The molecular formula is C15H14N4O2. The lowest BCUT2D eigenvalue weighted by molar-refractivity contribution is 0.0965. The minimum absolute atomic E-state index is 0.00979. The molecule has 106 valence electrons. The Hall–Kier alpha value is -3.07. The predicted molar refractivity (Wildman–Crippen MR) is 78.7 cm³/mol. The summed E-state index contributed by atoms with van der Waals surface area (Å²) >= 11 is 0.